The molecule has 3 rings (SSSR count). The second-order valence-corrected chi connectivity index (χ2v) is 8.05. The molecule has 0 saturated heterocycles. The van der Waals surface area contributed by atoms with Gasteiger partial charge in [-0.15, -0.1) is 11.3 Å². The number of hydrogen-bond acceptors (Lipinski definition) is 6. The van der Waals surface area contributed by atoms with Gasteiger partial charge in [0.2, 0.25) is 0 Å². The van der Waals surface area contributed by atoms with Gasteiger partial charge < -0.3 is 20.1 Å². The van der Waals surface area contributed by atoms with Gasteiger partial charge in [0.15, 0.2) is 0 Å². The summed E-state index contributed by atoms with van der Waals surface area (Å²) in [6.45, 7) is 3.47. The molecule has 0 aliphatic rings. The van der Waals surface area contributed by atoms with E-state index in [1.54, 1.807) is 62.4 Å². The first-order valence-electron chi connectivity index (χ1n) is 9.67. The Morgan fingerprint density at radius 1 is 1.00 bits per heavy atom. The Morgan fingerprint density at radius 2 is 1.69 bits per heavy atom. The number of carbonyl (C=O) groups excluding carboxylic acids is 3. The molecule has 0 aliphatic heterocycles. The van der Waals surface area contributed by atoms with Crippen molar-refractivity contribution in [3.63, 3.8) is 0 Å². The number of methoxy groups -OCH3 is 1. The fourth-order valence-electron chi connectivity index (χ4n) is 2.97. The topological polar surface area (TPSA) is 93.7 Å². The van der Waals surface area contributed by atoms with Crippen molar-refractivity contribution >= 4 is 51.4 Å². The Morgan fingerprint density at radius 3 is 2.34 bits per heavy atom. The van der Waals surface area contributed by atoms with Crippen LogP contribution >= 0.6 is 22.9 Å². The van der Waals surface area contributed by atoms with Crippen LogP contribution in [0.15, 0.2) is 48.5 Å². The van der Waals surface area contributed by atoms with Crippen LogP contribution < -0.4 is 15.4 Å². The SMILES string of the molecule is CCOC(=O)c1c(NC(=O)c2ccc(Cl)cc2)sc(C(=O)Nc2ccccc2OC)c1C. The van der Waals surface area contributed by atoms with Crippen molar-refractivity contribution in [2.75, 3.05) is 24.4 Å². The van der Waals surface area contributed by atoms with Crippen LogP contribution in [-0.2, 0) is 4.74 Å². The highest BCUT2D eigenvalue weighted by molar-refractivity contribution is 7.19. The number of para-hydroxylation sites is 2. The number of carbonyl (C=O) groups is 3. The van der Waals surface area contributed by atoms with E-state index in [0.717, 1.165) is 11.3 Å². The predicted molar refractivity (Wildman–Crippen MR) is 125 cm³/mol. The fraction of sp³-hybridized carbons (Fsp3) is 0.174. The summed E-state index contributed by atoms with van der Waals surface area (Å²) in [6.07, 6.45) is 0. The molecule has 2 aromatic carbocycles. The Bertz CT molecular complexity index is 1160. The van der Waals surface area contributed by atoms with E-state index in [0.29, 0.717) is 27.6 Å². The molecule has 0 saturated carbocycles. The summed E-state index contributed by atoms with van der Waals surface area (Å²) in [5.74, 6) is -0.999. The zero-order valence-corrected chi connectivity index (χ0v) is 19.2. The minimum atomic E-state index is -0.621. The highest BCUT2D eigenvalue weighted by Crippen LogP contribution is 2.35. The quantitative estimate of drug-likeness (QED) is 0.449. The van der Waals surface area contributed by atoms with Gasteiger partial charge in [-0.1, -0.05) is 23.7 Å². The lowest BCUT2D eigenvalue weighted by Crippen LogP contribution is -2.15. The van der Waals surface area contributed by atoms with Crippen LogP contribution in [0, 0.1) is 6.92 Å². The van der Waals surface area contributed by atoms with E-state index < -0.39 is 17.8 Å². The maximum absolute atomic E-state index is 13.0. The summed E-state index contributed by atoms with van der Waals surface area (Å²) in [5.41, 5.74) is 1.39. The number of esters is 1. The third-order valence-electron chi connectivity index (χ3n) is 4.52. The van der Waals surface area contributed by atoms with Gasteiger partial charge in [0.1, 0.15) is 10.8 Å². The van der Waals surface area contributed by atoms with Crippen molar-refractivity contribution in [3.8, 4) is 5.75 Å². The maximum Gasteiger partial charge on any atom is 0.341 e. The second-order valence-electron chi connectivity index (χ2n) is 6.60. The average Bonchev–Trinajstić information content (AvgIpc) is 3.10. The van der Waals surface area contributed by atoms with Gasteiger partial charge in [-0.05, 0) is 55.8 Å². The molecular weight excluding hydrogens is 452 g/mol. The van der Waals surface area contributed by atoms with E-state index in [9.17, 15) is 14.4 Å². The van der Waals surface area contributed by atoms with Gasteiger partial charge in [0, 0.05) is 10.6 Å². The van der Waals surface area contributed by atoms with Gasteiger partial charge in [0.05, 0.1) is 29.8 Å². The molecule has 1 heterocycles. The summed E-state index contributed by atoms with van der Waals surface area (Å²) in [5, 5.41) is 6.23. The largest absolute Gasteiger partial charge is 0.495 e. The molecule has 2 amide bonds. The number of nitrogens with one attached hydrogen (secondary N) is 2. The summed E-state index contributed by atoms with van der Waals surface area (Å²) in [6, 6.07) is 13.3. The van der Waals surface area contributed by atoms with Crippen LogP contribution in [0.25, 0.3) is 0 Å². The maximum atomic E-state index is 13.0. The summed E-state index contributed by atoms with van der Waals surface area (Å²) >= 11 is 6.88. The molecule has 0 fully saturated rings. The molecule has 32 heavy (non-hydrogen) atoms. The molecular formula is C23H21ClN2O5S. The van der Waals surface area contributed by atoms with Gasteiger partial charge in [-0.2, -0.15) is 0 Å². The first kappa shape index (κ1) is 23.3. The molecule has 166 valence electrons. The first-order valence-corrected chi connectivity index (χ1v) is 10.9. The number of hydrogen-bond donors (Lipinski definition) is 2. The van der Waals surface area contributed by atoms with E-state index in [1.165, 1.54) is 7.11 Å². The molecule has 0 radical (unpaired) electrons. The van der Waals surface area contributed by atoms with Crippen molar-refractivity contribution in [3.05, 3.63) is 75.1 Å². The Labute approximate surface area is 194 Å². The number of halogens is 1. The van der Waals surface area contributed by atoms with Crippen LogP contribution in [0.5, 0.6) is 5.75 Å². The molecule has 0 bridgehead atoms. The molecule has 3 aromatic rings. The number of amides is 2. The summed E-state index contributed by atoms with van der Waals surface area (Å²) < 4.78 is 10.4. The second kappa shape index (κ2) is 10.3. The van der Waals surface area contributed by atoms with Crippen molar-refractivity contribution in [2.45, 2.75) is 13.8 Å². The van der Waals surface area contributed by atoms with Crippen LogP contribution in [0.3, 0.4) is 0 Å². The minimum absolute atomic E-state index is 0.143. The van der Waals surface area contributed by atoms with Gasteiger partial charge in [0.25, 0.3) is 11.8 Å². The standard InChI is InChI=1S/C23H21ClN2O5S/c1-4-31-23(29)18-13(2)19(21(28)25-16-7-5-6-8-17(16)30-3)32-22(18)26-20(27)14-9-11-15(24)12-10-14/h5-12H,4H2,1-3H3,(H,25,28)(H,26,27). The van der Waals surface area contributed by atoms with Crippen molar-refractivity contribution in [2.24, 2.45) is 0 Å². The summed E-state index contributed by atoms with van der Waals surface area (Å²) in [7, 11) is 1.50. The predicted octanol–water partition coefficient (Wildman–Crippen LogP) is 5.40. The van der Waals surface area contributed by atoms with Crippen LogP contribution in [0.4, 0.5) is 10.7 Å². The van der Waals surface area contributed by atoms with Gasteiger partial charge in [-0.3, -0.25) is 9.59 Å². The monoisotopic (exact) mass is 472 g/mol. The number of benzene rings is 2. The highest BCUT2D eigenvalue weighted by atomic mass is 35.5. The van der Waals surface area contributed by atoms with Gasteiger partial charge >= 0.3 is 5.97 Å². The average molecular weight is 473 g/mol. The molecule has 2 N–H and O–H groups in total. The van der Waals surface area contributed by atoms with Crippen molar-refractivity contribution < 1.29 is 23.9 Å². The lowest BCUT2D eigenvalue weighted by atomic mass is 10.1. The first-order chi connectivity index (χ1) is 15.3. The number of ether oxygens (including phenoxy) is 2. The number of thiophene rings is 1. The smallest absolute Gasteiger partial charge is 0.341 e. The zero-order valence-electron chi connectivity index (χ0n) is 17.7. The fourth-order valence-corrected chi connectivity index (χ4v) is 4.18. The molecule has 0 spiro atoms. The lowest BCUT2D eigenvalue weighted by molar-refractivity contribution is 0.0527. The van der Waals surface area contributed by atoms with E-state index in [1.807, 2.05) is 0 Å². The van der Waals surface area contributed by atoms with Crippen LogP contribution in [-0.4, -0.2) is 31.5 Å². The van der Waals surface area contributed by atoms with Crippen LogP contribution in [0.2, 0.25) is 5.02 Å². The van der Waals surface area contributed by atoms with Gasteiger partial charge in [-0.25, -0.2) is 4.79 Å². The highest BCUT2D eigenvalue weighted by Gasteiger charge is 2.27. The molecule has 7 nitrogen and oxygen atoms in total. The summed E-state index contributed by atoms with van der Waals surface area (Å²) in [4.78, 5) is 38.6. The normalized spacial score (nSPS) is 10.4. The van der Waals surface area contributed by atoms with E-state index in [4.69, 9.17) is 21.1 Å². The Balaban J connectivity index is 1.95. The minimum Gasteiger partial charge on any atom is -0.495 e. The van der Waals surface area contributed by atoms with Crippen molar-refractivity contribution in [1.82, 2.24) is 0 Å². The molecule has 0 unspecified atom stereocenters. The van der Waals surface area contributed by atoms with E-state index >= 15 is 0 Å². The number of rotatable bonds is 7. The Kier molecular flexibility index (Phi) is 7.50. The Hall–Kier alpha value is -3.36. The zero-order chi connectivity index (χ0) is 23.3. The van der Waals surface area contributed by atoms with Crippen LogP contribution in [0.1, 0.15) is 42.9 Å². The number of anilines is 2. The third-order valence-corrected chi connectivity index (χ3v) is 5.98. The third kappa shape index (κ3) is 5.09. The van der Waals surface area contributed by atoms with E-state index in [-0.39, 0.29) is 22.0 Å². The molecule has 0 aliphatic carbocycles. The van der Waals surface area contributed by atoms with Crippen molar-refractivity contribution in [1.29, 1.82) is 0 Å². The lowest BCUT2D eigenvalue weighted by Gasteiger charge is -2.09. The van der Waals surface area contributed by atoms with E-state index in [2.05, 4.69) is 10.6 Å². The molecule has 0 atom stereocenters. The molecule has 1 aromatic heterocycles. The molecule has 9 heteroatoms.